The first kappa shape index (κ1) is 21.7. The summed E-state index contributed by atoms with van der Waals surface area (Å²) in [5.74, 6) is -0.822. The highest BCUT2D eigenvalue weighted by atomic mass is 19.4. The molecule has 0 radical (unpaired) electrons. The van der Waals surface area contributed by atoms with Gasteiger partial charge in [-0.05, 0) is 55.0 Å². The Labute approximate surface area is 183 Å². The molecule has 2 amide bonds. The van der Waals surface area contributed by atoms with Gasteiger partial charge < -0.3 is 14.4 Å². The van der Waals surface area contributed by atoms with Crippen LogP contribution in [0.3, 0.4) is 0 Å². The maximum atomic E-state index is 13.3. The van der Waals surface area contributed by atoms with Gasteiger partial charge >= 0.3 is 6.18 Å². The van der Waals surface area contributed by atoms with E-state index in [2.05, 4.69) is 0 Å². The summed E-state index contributed by atoms with van der Waals surface area (Å²) in [6, 6.07) is 15.9. The summed E-state index contributed by atoms with van der Waals surface area (Å²) in [6.45, 7) is 1.17. The molecule has 0 aliphatic carbocycles. The molecule has 0 spiro atoms. The minimum absolute atomic E-state index is 0.158. The van der Waals surface area contributed by atoms with E-state index in [1.807, 2.05) is 41.2 Å². The quantitative estimate of drug-likeness (QED) is 0.602. The van der Waals surface area contributed by atoms with Crippen LogP contribution in [0.2, 0.25) is 0 Å². The van der Waals surface area contributed by atoms with E-state index in [0.717, 1.165) is 11.8 Å². The fraction of sp³-hybridized carbons (Fsp3) is 0.250. The van der Waals surface area contributed by atoms with Crippen LogP contribution in [0.25, 0.3) is 5.69 Å². The number of carbonyl (C=O) groups is 2. The van der Waals surface area contributed by atoms with Gasteiger partial charge in [-0.3, -0.25) is 9.59 Å². The third-order valence-corrected chi connectivity index (χ3v) is 5.55. The predicted octanol–water partition coefficient (Wildman–Crippen LogP) is 4.48. The molecular formula is C24H22F3N3O2. The molecule has 0 N–H and O–H groups in total. The maximum absolute atomic E-state index is 13.3. The second kappa shape index (κ2) is 8.90. The Morgan fingerprint density at radius 2 is 1.31 bits per heavy atom. The average Bonchev–Trinajstić information content (AvgIpc) is 3.22. The average molecular weight is 441 g/mol. The fourth-order valence-electron chi connectivity index (χ4n) is 3.88. The Kier molecular flexibility index (Phi) is 6.03. The Hall–Kier alpha value is -3.55. The van der Waals surface area contributed by atoms with E-state index in [1.165, 1.54) is 23.1 Å². The van der Waals surface area contributed by atoms with Crippen molar-refractivity contribution < 1.29 is 22.8 Å². The number of benzene rings is 2. The molecule has 166 valence electrons. The van der Waals surface area contributed by atoms with E-state index in [9.17, 15) is 22.8 Å². The van der Waals surface area contributed by atoms with Crippen LogP contribution in [0.15, 0.2) is 73.1 Å². The van der Waals surface area contributed by atoms with Gasteiger partial charge in [-0.25, -0.2) is 0 Å². The molecule has 1 aliphatic rings. The summed E-state index contributed by atoms with van der Waals surface area (Å²) in [5.41, 5.74) is 0.163. The van der Waals surface area contributed by atoms with E-state index < -0.39 is 17.6 Å². The fourth-order valence-corrected chi connectivity index (χ4v) is 3.88. The molecule has 1 aromatic heterocycles. The van der Waals surface area contributed by atoms with Gasteiger partial charge in [0.2, 0.25) is 0 Å². The van der Waals surface area contributed by atoms with Crippen molar-refractivity contribution in [2.75, 3.05) is 26.2 Å². The number of alkyl halides is 3. The molecule has 0 unspecified atom stereocenters. The first-order chi connectivity index (χ1) is 15.3. The van der Waals surface area contributed by atoms with E-state index >= 15 is 0 Å². The second-order valence-corrected chi connectivity index (χ2v) is 7.62. The lowest BCUT2D eigenvalue weighted by Crippen LogP contribution is -2.38. The Morgan fingerprint density at radius 1 is 0.719 bits per heavy atom. The topological polar surface area (TPSA) is 45.6 Å². The van der Waals surface area contributed by atoms with E-state index in [-0.39, 0.29) is 24.6 Å². The number of rotatable bonds is 3. The van der Waals surface area contributed by atoms with Crippen molar-refractivity contribution in [1.82, 2.24) is 14.4 Å². The highest BCUT2D eigenvalue weighted by molar-refractivity contribution is 5.96. The molecule has 0 atom stereocenters. The van der Waals surface area contributed by atoms with Crippen molar-refractivity contribution >= 4 is 11.8 Å². The molecule has 1 aliphatic heterocycles. The summed E-state index contributed by atoms with van der Waals surface area (Å²) in [7, 11) is 0. The summed E-state index contributed by atoms with van der Waals surface area (Å²) in [4.78, 5) is 28.8. The van der Waals surface area contributed by atoms with Gasteiger partial charge in [0, 0.05) is 49.8 Å². The summed E-state index contributed by atoms with van der Waals surface area (Å²) >= 11 is 0. The molecule has 3 aromatic rings. The SMILES string of the molecule is O=C(c1ccc(-n2cccc2)cc1)N1CCCN(C(=O)c2ccccc2C(F)(F)F)CC1. The van der Waals surface area contributed by atoms with Crippen molar-refractivity contribution in [3.05, 3.63) is 89.7 Å². The van der Waals surface area contributed by atoms with Crippen molar-refractivity contribution in [3.63, 3.8) is 0 Å². The van der Waals surface area contributed by atoms with E-state index in [1.54, 1.807) is 17.0 Å². The zero-order valence-electron chi connectivity index (χ0n) is 17.3. The van der Waals surface area contributed by atoms with Gasteiger partial charge in [-0.15, -0.1) is 0 Å². The molecular weight excluding hydrogens is 419 g/mol. The monoisotopic (exact) mass is 441 g/mol. The van der Waals surface area contributed by atoms with Crippen LogP contribution in [0.4, 0.5) is 13.2 Å². The molecule has 2 heterocycles. The van der Waals surface area contributed by atoms with Gasteiger partial charge in [0.15, 0.2) is 0 Å². The van der Waals surface area contributed by atoms with Crippen LogP contribution in [0, 0.1) is 0 Å². The minimum atomic E-state index is -4.60. The van der Waals surface area contributed by atoms with E-state index in [4.69, 9.17) is 0 Å². The Bertz CT molecular complexity index is 1090. The van der Waals surface area contributed by atoms with Crippen molar-refractivity contribution in [2.45, 2.75) is 12.6 Å². The molecule has 32 heavy (non-hydrogen) atoms. The van der Waals surface area contributed by atoms with Gasteiger partial charge in [-0.2, -0.15) is 13.2 Å². The largest absolute Gasteiger partial charge is 0.417 e. The maximum Gasteiger partial charge on any atom is 0.417 e. The standard InChI is InChI=1S/C24H22F3N3O2/c25-24(26,27)21-7-2-1-6-20(21)23(32)30-15-5-14-29(16-17-30)22(31)18-8-10-19(11-9-18)28-12-3-4-13-28/h1-4,6-13H,5,14-17H2. The molecule has 4 rings (SSSR count). The van der Waals surface area contributed by atoms with Crippen LogP contribution >= 0.6 is 0 Å². The third-order valence-electron chi connectivity index (χ3n) is 5.55. The van der Waals surface area contributed by atoms with Crippen LogP contribution < -0.4 is 0 Å². The number of carbonyl (C=O) groups excluding carboxylic acids is 2. The lowest BCUT2D eigenvalue weighted by atomic mass is 10.1. The smallest absolute Gasteiger partial charge is 0.337 e. The summed E-state index contributed by atoms with van der Waals surface area (Å²) < 4.78 is 41.8. The van der Waals surface area contributed by atoms with Crippen LogP contribution in [-0.2, 0) is 6.18 Å². The first-order valence-electron chi connectivity index (χ1n) is 10.3. The van der Waals surface area contributed by atoms with Crippen molar-refractivity contribution in [3.8, 4) is 5.69 Å². The van der Waals surface area contributed by atoms with Crippen molar-refractivity contribution in [1.29, 1.82) is 0 Å². The lowest BCUT2D eigenvalue weighted by Gasteiger charge is -2.23. The van der Waals surface area contributed by atoms with Crippen molar-refractivity contribution in [2.24, 2.45) is 0 Å². The van der Waals surface area contributed by atoms with Crippen LogP contribution in [0.1, 0.15) is 32.7 Å². The molecule has 1 saturated heterocycles. The number of amides is 2. The number of nitrogens with zero attached hydrogens (tertiary/aromatic N) is 3. The number of hydrogen-bond acceptors (Lipinski definition) is 2. The molecule has 0 bridgehead atoms. The zero-order chi connectivity index (χ0) is 22.7. The second-order valence-electron chi connectivity index (χ2n) is 7.62. The van der Waals surface area contributed by atoms with Gasteiger partial charge in [-0.1, -0.05) is 12.1 Å². The molecule has 8 heteroatoms. The minimum Gasteiger partial charge on any atom is -0.337 e. The summed E-state index contributed by atoms with van der Waals surface area (Å²) in [5, 5.41) is 0. The zero-order valence-corrected chi connectivity index (χ0v) is 17.3. The van der Waals surface area contributed by atoms with Crippen LogP contribution in [-0.4, -0.2) is 52.4 Å². The summed E-state index contributed by atoms with van der Waals surface area (Å²) in [6.07, 6.45) is -0.289. The molecule has 0 saturated carbocycles. The Balaban J connectivity index is 1.44. The van der Waals surface area contributed by atoms with Gasteiger partial charge in [0.1, 0.15) is 0 Å². The van der Waals surface area contributed by atoms with Gasteiger partial charge in [0.25, 0.3) is 11.8 Å². The predicted molar refractivity (Wildman–Crippen MR) is 114 cm³/mol. The number of aromatic nitrogens is 1. The first-order valence-corrected chi connectivity index (χ1v) is 10.3. The van der Waals surface area contributed by atoms with Gasteiger partial charge in [0.05, 0.1) is 11.1 Å². The third kappa shape index (κ3) is 4.54. The molecule has 1 fully saturated rings. The van der Waals surface area contributed by atoms with E-state index in [0.29, 0.717) is 25.1 Å². The number of halogens is 3. The highest BCUT2D eigenvalue weighted by Gasteiger charge is 2.36. The Morgan fingerprint density at radius 3 is 1.94 bits per heavy atom. The molecule has 2 aromatic carbocycles. The van der Waals surface area contributed by atoms with Crippen LogP contribution in [0.5, 0.6) is 0 Å². The normalized spacial score (nSPS) is 14.8. The molecule has 5 nitrogen and oxygen atoms in total. The highest BCUT2D eigenvalue weighted by Crippen LogP contribution is 2.32. The lowest BCUT2D eigenvalue weighted by molar-refractivity contribution is -0.138. The number of hydrogen-bond donors (Lipinski definition) is 0.